The number of fused-ring (bicyclic) bond motifs is 5. The van der Waals surface area contributed by atoms with Gasteiger partial charge in [0.2, 0.25) is 0 Å². The molecular weight excluding hydrogens is 276 g/mol. The standard InChI is InChI=1S/C19H24O3/c1-18-5-4-14-13(15(18)8-12(21)10-18)9-17(22)16-7-11(20)3-6-19(14,16)2/h7,13-15H,3-6,8-10H2,1-2H3/t13-,14-,15+,18-,19-/m1/s1. The molecule has 0 aromatic rings. The number of hydrogen-bond acceptors (Lipinski definition) is 3. The highest BCUT2D eigenvalue weighted by Crippen LogP contribution is 2.63. The Bertz CT molecular complexity index is 616. The Kier molecular flexibility index (Phi) is 2.87. The fraction of sp³-hybridized carbons (Fsp3) is 0.737. The number of carbonyl (C=O) groups is 3. The Morgan fingerprint density at radius 1 is 1.05 bits per heavy atom. The van der Waals surface area contributed by atoms with E-state index in [4.69, 9.17) is 0 Å². The molecule has 0 aromatic heterocycles. The van der Waals surface area contributed by atoms with Crippen molar-refractivity contribution in [2.24, 2.45) is 28.6 Å². The van der Waals surface area contributed by atoms with Crippen molar-refractivity contribution in [1.29, 1.82) is 0 Å². The molecule has 3 heteroatoms. The third-order valence-electron chi connectivity index (χ3n) is 7.36. The van der Waals surface area contributed by atoms with E-state index < -0.39 is 0 Å². The molecule has 0 heterocycles. The van der Waals surface area contributed by atoms with Gasteiger partial charge in [0.1, 0.15) is 5.78 Å². The Balaban J connectivity index is 1.76. The van der Waals surface area contributed by atoms with Gasteiger partial charge < -0.3 is 0 Å². The van der Waals surface area contributed by atoms with Gasteiger partial charge in [-0.05, 0) is 53.9 Å². The summed E-state index contributed by atoms with van der Waals surface area (Å²) < 4.78 is 0. The van der Waals surface area contributed by atoms with Gasteiger partial charge in [-0.3, -0.25) is 14.4 Å². The summed E-state index contributed by atoms with van der Waals surface area (Å²) in [6, 6.07) is 0. The van der Waals surface area contributed by atoms with Crippen molar-refractivity contribution in [2.75, 3.05) is 0 Å². The number of hydrogen-bond donors (Lipinski definition) is 0. The molecule has 3 nitrogen and oxygen atoms in total. The van der Waals surface area contributed by atoms with Crippen molar-refractivity contribution in [3.05, 3.63) is 11.6 Å². The van der Waals surface area contributed by atoms with Gasteiger partial charge in [0, 0.05) is 31.3 Å². The fourth-order valence-corrected chi connectivity index (χ4v) is 6.17. The van der Waals surface area contributed by atoms with Gasteiger partial charge >= 0.3 is 0 Å². The van der Waals surface area contributed by atoms with Gasteiger partial charge in [0.15, 0.2) is 11.6 Å². The SMILES string of the molecule is C[C@]12CC[C@@H]3[C@@H](CC(=O)C4=CC(=O)CC[C@@]43C)[C@@H]1CC(=O)C2. The molecule has 0 unspecified atom stereocenters. The highest BCUT2D eigenvalue weighted by Gasteiger charge is 2.59. The van der Waals surface area contributed by atoms with E-state index in [1.54, 1.807) is 6.08 Å². The highest BCUT2D eigenvalue weighted by atomic mass is 16.1. The first-order chi connectivity index (χ1) is 10.3. The van der Waals surface area contributed by atoms with Crippen LogP contribution in [0.25, 0.3) is 0 Å². The molecule has 5 atom stereocenters. The van der Waals surface area contributed by atoms with Crippen molar-refractivity contribution < 1.29 is 14.4 Å². The summed E-state index contributed by atoms with van der Waals surface area (Å²) >= 11 is 0. The zero-order chi connectivity index (χ0) is 15.7. The summed E-state index contributed by atoms with van der Waals surface area (Å²) in [7, 11) is 0. The molecule has 0 aromatic carbocycles. The van der Waals surface area contributed by atoms with E-state index in [-0.39, 0.29) is 22.4 Å². The second kappa shape index (κ2) is 4.39. The monoisotopic (exact) mass is 300 g/mol. The van der Waals surface area contributed by atoms with E-state index in [0.29, 0.717) is 49.2 Å². The van der Waals surface area contributed by atoms with Gasteiger partial charge in [-0.25, -0.2) is 0 Å². The molecule has 0 amide bonds. The molecule has 0 spiro atoms. The lowest BCUT2D eigenvalue weighted by molar-refractivity contribution is -0.130. The first-order valence-electron chi connectivity index (χ1n) is 8.63. The second-order valence-corrected chi connectivity index (χ2v) is 8.56. The van der Waals surface area contributed by atoms with Crippen LogP contribution >= 0.6 is 0 Å². The van der Waals surface area contributed by atoms with Crippen molar-refractivity contribution in [2.45, 2.75) is 58.8 Å². The first-order valence-corrected chi connectivity index (χ1v) is 8.63. The summed E-state index contributed by atoms with van der Waals surface area (Å²) in [6.45, 7) is 4.45. The zero-order valence-electron chi connectivity index (χ0n) is 13.5. The summed E-state index contributed by atoms with van der Waals surface area (Å²) in [6.07, 6.45) is 7.11. The van der Waals surface area contributed by atoms with Crippen LogP contribution in [-0.4, -0.2) is 17.3 Å². The van der Waals surface area contributed by atoms with Crippen molar-refractivity contribution in [1.82, 2.24) is 0 Å². The molecule has 0 N–H and O–H groups in total. The lowest BCUT2D eigenvalue weighted by Crippen LogP contribution is -2.51. The summed E-state index contributed by atoms with van der Waals surface area (Å²) in [4.78, 5) is 36.5. The van der Waals surface area contributed by atoms with Crippen LogP contribution in [-0.2, 0) is 14.4 Å². The molecule has 0 radical (unpaired) electrons. The van der Waals surface area contributed by atoms with Crippen LogP contribution in [0.15, 0.2) is 11.6 Å². The van der Waals surface area contributed by atoms with E-state index >= 15 is 0 Å². The van der Waals surface area contributed by atoms with E-state index in [1.165, 1.54) is 0 Å². The summed E-state index contributed by atoms with van der Waals surface area (Å²) in [5.74, 6) is 1.84. The van der Waals surface area contributed by atoms with Crippen LogP contribution in [0.4, 0.5) is 0 Å². The number of ketones is 3. The minimum Gasteiger partial charge on any atom is -0.300 e. The first kappa shape index (κ1) is 14.3. The Morgan fingerprint density at radius 2 is 1.82 bits per heavy atom. The van der Waals surface area contributed by atoms with Crippen LogP contribution in [0.1, 0.15) is 58.8 Å². The van der Waals surface area contributed by atoms with Crippen LogP contribution in [0.2, 0.25) is 0 Å². The molecule has 0 aliphatic heterocycles. The predicted octanol–water partition coefficient (Wildman–Crippen LogP) is 3.27. The third-order valence-corrected chi connectivity index (χ3v) is 7.36. The minimum absolute atomic E-state index is 0.107. The average Bonchev–Trinajstić information content (AvgIpc) is 2.76. The third kappa shape index (κ3) is 1.77. The Hall–Kier alpha value is -1.25. The van der Waals surface area contributed by atoms with Crippen LogP contribution in [0, 0.1) is 28.6 Å². The predicted molar refractivity (Wildman–Crippen MR) is 82.1 cm³/mol. The molecule has 4 aliphatic rings. The summed E-state index contributed by atoms with van der Waals surface area (Å²) in [5, 5.41) is 0. The summed E-state index contributed by atoms with van der Waals surface area (Å²) in [5.41, 5.74) is 0.763. The highest BCUT2D eigenvalue weighted by molar-refractivity contribution is 6.05. The van der Waals surface area contributed by atoms with Gasteiger partial charge in [0.05, 0.1) is 0 Å². The lowest BCUT2D eigenvalue weighted by Gasteiger charge is -2.56. The van der Waals surface area contributed by atoms with Crippen LogP contribution in [0.5, 0.6) is 0 Å². The molecule has 118 valence electrons. The smallest absolute Gasteiger partial charge is 0.159 e. The van der Waals surface area contributed by atoms with Gasteiger partial charge in [-0.2, -0.15) is 0 Å². The largest absolute Gasteiger partial charge is 0.300 e. The van der Waals surface area contributed by atoms with Crippen molar-refractivity contribution in [3.63, 3.8) is 0 Å². The van der Waals surface area contributed by atoms with Crippen molar-refractivity contribution >= 4 is 17.3 Å². The molecule has 0 bridgehead atoms. The zero-order valence-corrected chi connectivity index (χ0v) is 13.5. The normalized spacial score (nSPS) is 47.6. The quantitative estimate of drug-likeness (QED) is 0.690. The topological polar surface area (TPSA) is 51.2 Å². The Morgan fingerprint density at radius 3 is 2.59 bits per heavy atom. The van der Waals surface area contributed by atoms with E-state index in [0.717, 1.165) is 24.8 Å². The van der Waals surface area contributed by atoms with E-state index in [9.17, 15) is 14.4 Å². The molecule has 4 rings (SSSR count). The average molecular weight is 300 g/mol. The molecular formula is C19H24O3. The van der Waals surface area contributed by atoms with Gasteiger partial charge in [-0.15, -0.1) is 0 Å². The molecule has 22 heavy (non-hydrogen) atoms. The fourth-order valence-electron chi connectivity index (χ4n) is 6.17. The maximum absolute atomic E-state index is 12.7. The molecule has 3 saturated carbocycles. The van der Waals surface area contributed by atoms with E-state index in [2.05, 4.69) is 13.8 Å². The molecule has 0 saturated heterocycles. The van der Waals surface area contributed by atoms with Crippen LogP contribution < -0.4 is 0 Å². The lowest BCUT2D eigenvalue weighted by atomic mass is 9.47. The van der Waals surface area contributed by atoms with Crippen molar-refractivity contribution in [3.8, 4) is 0 Å². The maximum atomic E-state index is 12.7. The van der Waals surface area contributed by atoms with Crippen LogP contribution in [0.3, 0.4) is 0 Å². The minimum atomic E-state index is -0.138. The number of Topliss-reactive ketones (excluding diaryl/α,β-unsaturated/α-hetero) is 2. The van der Waals surface area contributed by atoms with E-state index in [1.807, 2.05) is 0 Å². The van der Waals surface area contributed by atoms with Gasteiger partial charge in [0.25, 0.3) is 0 Å². The number of carbonyl (C=O) groups excluding carboxylic acids is 3. The molecule has 4 aliphatic carbocycles. The Labute approximate surface area is 131 Å². The number of allylic oxidation sites excluding steroid dienone is 1. The molecule has 3 fully saturated rings. The second-order valence-electron chi connectivity index (χ2n) is 8.56. The van der Waals surface area contributed by atoms with Gasteiger partial charge in [-0.1, -0.05) is 13.8 Å². The number of rotatable bonds is 0. The maximum Gasteiger partial charge on any atom is 0.159 e.